The molecular weight excluding hydrogens is 384 g/mol. The summed E-state index contributed by atoms with van der Waals surface area (Å²) in [6.07, 6.45) is 15.2. The molecule has 3 fully saturated rings. The Hall–Kier alpha value is -0.900. The maximum absolute atomic E-state index is 10.3. The molecule has 176 valence electrons. The smallest absolute Gasteiger partial charge is 0.0788 e. The summed E-state index contributed by atoms with van der Waals surface area (Å²) >= 11 is 0. The second kappa shape index (κ2) is 9.93. The first kappa shape index (κ1) is 24.7. The van der Waals surface area contributed by atoms with Crippen LogP contribution in [-0.4, -0.2) is 33.6 Å². The maximum atomic E-state index is 10.3. The fourth-order valence-electron chi connectivity index (χ4n) is 7.00. The van der Waals surface area contributed by atoms with Gasteiger partial charge in [-0.3, -0.25) is 0 Å². The number of allylic oxidation sites excluding steroid dienone is 3. The quantitative estimate of drug-likeness (QED) is 0.437. The molecule has 0 spiro atoms. The predicted molar refractivity (Wildman–Crippen MR) is 129 cm³/mol. The van der Waals surface area contributed by atoms with Gasteiger partial charge in [-0.15, -0.1) is 0 Å². The zero-order valence-corrected chi connectivity index (χ0v) is 20.4. The van der Waals surface area contributed by atoms with Crippen molar-refractivity contribution in [3.63, 3.8) is 0 Å². The average molecular weight is 431 g/mol. The van der Waals surface area contributed by atoms with Crippen LogP contribution in [0.15, 0.2) is 35.5 Å². The molecule has 6 atom stereocenters. The normalized spacial score (nSPS) is 38.0. The zero-order valence-electron chi connectivity index (χ0n) is 20.4. The van der Waals surface area contributed by atoms with E-state index in [9.17, 15) is 15.3 Å². The Balaban J connectivity index is 1.68. The van der Waals surface area contributed by atoms with Crippen molar-refractivity contribution in [2.45, 2.75) is 104 Å². The van der Waals surface area contributed by atoms with Crippen LogP contribution in [0.4, 0.5) is 0 Å². The minimum Gasteiger partial charge on any atom is -0.396 e. The molecule has 0 saturated heterocycles. The van der Waals surface area contributed by atoms with Crippen LogP contribution < -0.4 is 0 Å². The molecule has 0 aliphatic heterocycles. The third-order valence-electron chi connectivity index (χ3n) is 8.84. The Labute approximate surface area is 190 Å². The summed E-state index contributed by atoms with van der Waals surface area (Å²) in [5, 5.41) is 30.0. The highest BCUT2D eigenvalue weighted by Crippen LogP contribution is 2.60. The first-order valence-electron chi connectivity index (χ1n) is 12.6. The van der Waals surface area contributed by atoms with Crippen molar-refractivity contribution in [3.8, 4) is 0 Å². The molecule has 0 amide bonds. The first-order valence-corrected chi connectivity index (χ1v) is 12.6. The molecule has 3 aliphatic rings. The SMILES string of the molecule is C=C1[C@H](CO)CC(=CC=C2CCC[C@]3(C)[C@@H]([C@H](C)CCCC(C)(C)O)CC[C@@H]23)C[C@H]1O. The molecule has 3 heteroatoms. The van der Waals surface area contributed by atoms with Gasteiger partial charge in [-0.05, 0) is 94.0 Å². The fourth-order valence-corrected chi connectivity index (χ4v) is 7.00. The third-order valence-corrected chi connectivity index (χ3v) is 8.84. The van der Waals surface area contributed by atoms with E-state index in [4.69, 9.17) is 0 Å². The maximum Gasteiger partial charge on any atom is 0.0788 e. The number of hydrogen-bond acceptors (Lipinski definition) is 3. The number of fused-ring (bicyclic) bond motifs is 1. The molecule has 31 heavy (non-hydrogen) atoms. The predicted octanol–water partition coefficient (Wildman–Crippen LogP) is 5.95. The molecule has 3 saturated carbocycles. The van der Waals surface area contributed by atoms with Gasteiger partial charge in [0.1, 0.15) is 0 Å². The van der Waals surface area contributed by atoms with Gasteiger partial charge in [0.2, 0.25) is 0 Å². The van der Waals surface area contributed by atoms with Crippen LogP contribution >= 0.6 is 0 Å². The van der Waals surface area contributed by atoms with E-state index in [-0.39, 0.29) is 12.5 Å². The lowest BCUT2D eigenvalue weighted by Gasteiger charge is -2.44. The van der Waals surface area contributed by atoms with Crippen LogP contribution in [-0.2, 0) is 0 Å². The van der Waals surface area contributed by atoms with Gasteiger partial charge >= 0.3 is 0 Å². The molecule has 0 bridgehead atoms. The average Bonchev–Trinajstić information content (AvgIpc) is 3.05. The van der Waals surface area contributed by atoms with E-state index in [1.54, 1.807) is 5.57 Å². The lowest BCUT2D eigenvalue weighted by molar-refractivity contribution is 0.0596. The first-order chi connectivity index (χ1) is 14.5. The van der Waals surface area contributed by atoms with E-state index < -0.39 is 11.7 Å². The van der Waals surface area contributed by atoms with E-state index in [0.29, 0.717) is 23.7 Å². The highest BCUT2D eigenvalue weighted by Gasteiger charge is 2.50. The molecular formula is C28H46O3. The molecule has 0 aromatic heterocycles. The summed E-state index contributed by atoms with van der Waals surface area (Å²) in [6.45, 7) is 12.9. The molecule has 0 heterocycles. The second-order valence-electron chi connectivity index (χ2n) is 11.7. The molecule has 0 aromatic carbocycles. The van der Waals surface area contributed by atoms with Gasteiger partial charge in [0.25, 0.3) is 0 Å². The van der Waals surface area contributed by atoms with Gasteiger partial charge in [-0.25, -0.2) is 0 Å². The van der Waals surface area contributed by atoms with Crippen molar-refractivity contribution in [1.82, 2.24) is 0 Å². The molecule has 3 aliphatic carbocycles. The number of hydrogen-bond donors (Lipinski definition) is 3. The molecule has 3 N–H and O–H groups in total. The molecule has 3 rings (SSSR count). The van der Waals surface area contributed by atoms with Crippen LogP contribution in [0, 0.1) is 29.1 Å². The van der Waals surface area contributed by atoms with Gasteiger partial charge in [0, 0.05) is 12.5 Å². The summed E-state index contributed by atoms with van der Waals surface area (Å²) in [7, 11) is 0. The van der Waals surface area contributed by atoms with Crippen molar-refractivity contribution < 1.29 is 15.3 Å². The molecule has 0 radical (unpaired) electrons. The summed E-state index contributed by atoms with van der Waals surface area (Å²) in [5.41, 5.74) is 3.48. The van der Waals surface area contributed by atoms with Crippen LogP contribution in [0.1, 0.15) is 91.9 Å². The molecule has 0 aromatic rings. The Morgan fingerprint density at radius 3 is 2.65 bits per heavy atom. The minimum atomic E-state index is -0.551. The van der Waals surface area contributed by atoms with Crippen molar-refractivity contribution in [2.75, 3.05) is 6.61 Å². The zero-order chi connectivity index (χ0) is 22.8. The molecule has 3 nitrogen and oxygen atoms in total. The largest absolute Gasteiger partial charge is 0.396 e. The standard InChI is InChI=1S/C28H46O3/c1-19(8-6-14-27(3,4)31)24-12-13-25-22(9-7-15-28(24,25)5)11-10-21-16-23(18-29)20(2)26(30)17-21/h10-11,19,23-26,29-31H,2,6-9,12-18H2,1,3-5H3/t19-,23+,24-,25+,26-,28-/m1/s1. The van der Waals surface area contributed by atoms with Crippen LogP contribution in [0.5, 0.6) is 0 Å². The van der Waals surface area contributed by atoms with Crippen LogP contribution in [0.2, 0.25) is 0 Å². The van der Waals surface area contributed by atoms with Crippen LogP contribution in [0.25, 0.3) is 0 Å². The van der Waals surface area contributed by atoms with Crippen LogP contribution in [0.3, 0.4) is 0 Å². The van der Waals surface area contributed by atoms with Gasteiger partial charge in [0.15, 0.2) is 0 Å². The van der Waals surface area contributed by atoms with Gasteiger partial charge in [-0.1, -0.05) is 56.6 Å². The van der Waals surface area contributed by atoms with Gasteiger partial charge < -0.3 is 15.3 Å². The second-order valence-corrected chi connectivity index (χ2v) is 11.7. The lowest BCUT2D eigenvalue weighted by Crippen LogP contribution is -2.36. The number of aliphatic hydroxyl groups excluding tert-OH is 2. The minimum absolute atomic E-state index is 0.00868. The van der Waals surface area contributed by atoms with E-state index in [2.05, 4.69) is 32.6 Å². The van der Waals surface area contributed by atoms with Gasteiger partial charge in [-0.2, -0.15) is 0 Å². The Bertz CT molecular complexity index is 698. The van der Waals surface area contributed by atoms with Crippen molar-refractivity contribution in [1.29, 1.82) is 0 Å². The van der Waals surface area contributed by atoms with E-state index in [1.807, 2.05) is 13.8 Å². The third kappa shape index (κ3) is 5.72. The summed E-state index contributed by atoms with van der Waals surface area (Å²) in [5.74, 6) is 2.15. The van der Waals surface area contributed by atoms with Gasteiger partial charge in [0.05, 0.1) is 11.7 Å². The lowest BCUT2D eigenvalue weighted by atomic mass is 9.60. The fraction of sp³-hybridized carbons (Fsp3) is 0.786. The van der Waals surface area contributed by atoms with E-state index in [0.717, 1.165) is 30.8 Å². The monoisotopic (exact) mass is 430 g/mol. The number of rotatable bonds is 7. The van der Waals surface area contributed by atoms with Crippen molar-refractivity contribution in [2.24, 2.45) is 29.1 Å². The van der Waals surface area contributed by atoms with E-state index >= 15 is 0 Å². The number of aliphatic hydroxyl groups is 3. The Morgan fingerprint density at radius 2 is 1.97 bits per heavy atom. The van der Waals surface area contributed by atoms with Crippen molar-refractivity contribution >= 4 is 0 Å². The van der Waals surface area contributed by atoms with E-state index in [1.165, 1.54) is 44.1 Å². The Kier molecular flexibility index (Phi) is 7.92. The van der Waals surface area contributed by atoms with Crippen molar-refractivity contribution in [3.05, 3.63) is 35.5 Å². The Morgan fingerprint density at radius 1 is 1.23 bits per heavy atom. The highest BCUT2D eigenvalue weighted by atomic mass is 16.3. The highest BCUT2D eigenvalue weighted by molar-refractivity contribution is 5.29. The summed E-state index contributed by atoms with van der Waals surface area (Å²) in [6, 6.07) is 0. The molecule has 0 unspecified atom stereocenters. The topological polar surface area (TPSA) is 60.7 Å². The summed E-state index contributed by atoms with van der Waals surface area (Å²) in [4.78, 5) is 0. The summed E-state index contributed by atoms with van der Waals surface area (Å²) < 4.78 is 0.